The van der Waals surface area contributed by atoms with Gasteiger partial charge in [-0.15, -0.1) is 0 Å². The van der Waals surface area contributed by atoms with E-state index in [0.717, 1.165) is 18.4 Å². The molecule has 0 aliphatic heterocycles. The van der Waals surface area contributed by atoms with Crippen LogP contribution in [0.25, 0.3) is 0 Å². The predicted octanol–water partition coefficient (Wildman–Crippen LogP) is 4.69. The molecule has 1 fully saturated rings. The number of likely N-dealkylation sites (N-methyl/N-ethyl adjacent to an activating group) is 2. The van der Waals surface area contributed by atoms with E-state index in [2.05, 4.69) is 51.8 Å². The Morgan fingerprint density at radius 2 is 1.48 bits per heavy atom. The Kier molecular flexibility index (Phi) is 8.26. The molecule has 0 bridgehead atoms. The third-order valence-corrected chi connectivity index (χ3v) is 6.15. The van der Waals surface area contributed by atoms with Crippen LogP contribution in [0.15, 0.2) is 0 Å². The average molecular weight is 297 g/mol. The molecule has 2 heteroatoms. The molecule has 21 heavy (non-hydrogen) atoms. The molecular formula is C19H40N2. The second-order valence-corrected chi connectivity index (χ2v) is 7.04. The molecule has 0 heterocycles. The molecule has 0 aromatic heterocycles. The minimum atomic E-state index is 0.338. The molecule has 1 rings (SSSR count). The summed E-state index contributed by atoms with van der Waals surface area (Å²) in [5.41, 5.74) is 0.338. The van der Waals surface area contributed by atoms with Gasteiger partial charge in [-0.05, 0) is 57.2 Å². The van der Waals surface area contributed by atoms with Crippen LogP contribution in [0.1, 0.15) is 80.1 Å². The number of nitrogens with zero attached hydrogens (tertiary/aromatic N) is 1. The Bertz CT molecular complexity index is 261. The van der Waals surface area contributed by atoms with Gasteiger partial charge in [-0.25, -0.2) is 0 Å². The quantitative estimate of drug-likeness (QED) is 0.664. The van der Waals surface area contributed by atoms with Gasteiger partial charge in [0.1, 0.15) is 0 Å². The minimum Gasteiger partial charge on any atom is -0.312 e. The summed E-state index contributed by atoms with van der Waals surface area (Å²) in [5.74, 6) is 1.80. The van der Waals surface area contributed by atoms with Crippen LogP contribution in [0.3, 0.4) is 0 Å². The van der Waals surface area contributed by atoms with Crippen molar-refractivity contribution in [2.75, 3.05) is 19.6 Å². The van der Waals surface area contributed by atoms with Crippen molar-refractivity contribution in [3.05, 3.63) is 0 Å². The van der Waals surface area contributed by atoms with Crippen LogP contribution in [0, 0.1) is 11.8 Å². The maximum absolute atomic E-state index is 3.92. The van der Waals surface area contributed by atoms with Gasteiger partial charge in [0.05, 0.1) is 0 Å². The first-order chi connectivity index (χ1) is 10.1. The normalized spacial score (nSPS) is 25.3. The van der Waals surface area contributed by atoms with Gasteiger partial charge in [-0.1, -0.05) is 54.4 Å². The number of nitrogens with one attached hydrogen (secondary N) is 1. The summed E-state index contributed by atoms with van der Waals surface area (Å²) in [6, 6.07) is 0.657. The van der Waals surface area contributed by atoms with E-state index in [4.69, 9.17) is 0 Å². The minimum absolute atomic E-state index is 0.338. The standard InChI is InChI=1S/C19H40N2/c1-7-19(8-2,21(10-4)11-5)18(20-9-3)17-14-12-16(6)13-15-17/h16-18,20H,7-15H2,1-6H3. The van der Waals surface area contributed by atoms with Crippen molar-refractivity contribution in [1.82, 2.24) is 10.2 Å². The lowest BCUT2D eigenvalue weighted by atomic mass is 9.70. The highest BCUT2D eigenvalue weighted by atomic mass is 15.2. The van der Waals surface area contributed by atoms with Gasteiger partial charge < -0.3 is 5.32 Å². The average Bonchev–Trinajstić information content (AvgIpc) is 2.52. The Labute approximate surface area is 134 Å². The van der Waals surface area contributed by atoms with Crippen molar-refractivity contribution in [2.24, 2.45) is 11.8 Å². The summed E-state index contributed by atoms with van der Waals surface area (Å²) in [5, 5.41) is 3.92. The maximum atomic E-state index is 3.92. The van der Waals surface area contributed by atoms with E-state index in [-0.39, 0.29) is 0 Å². The summed E-state index contributed by atoms with van der Waals surface area (Å²) in [4.78, 5) is 2.73. The van der Waals surface area contributed by atoms with E-state index in [1.165, 1.54) is 51.6 Å². The molecule has 0 radical (unpaired) electrons. The van der Waals surface area contributed by atoms with Crippen molar-refractivity contribution >= 4 is 0 Å². The predicted molar refractivity (Wildman–Crippen MR) is 94.8 cm³/mol. The van der Waals surface area contributed by atoms with E-state index in [9.17, 15) is 0 Å². The largest absolute Gasteiger partial charge is 0.312 e. The summed E-state index contributed by atoms with van der Waals surface area (Å²) >= 11 is 0. The molecule has 1 N–H and O–H groups in total. The Morgan fingerprint density at radius 1 is 0.952 bits per heavy atom. The zero-order chi connectivity index (χ0) is 15.9. The Balaban J connectivity index is 3.01. The van der Waals surface area contributed by atoms with Crippen LogP contribution < -0.4 is 5.32 Å². The summed E-state index contributed by atoms with van der Waals surface area (Å²) in [6.07, 6.45) is 8.20. The van der Waals surface area contributed by atoms with Crippen LogP contribution >= 0.6 is 0 Å². The highest BCUT2D eigenvalue weighted by molar-refractivity contribution is 5.02. The second-order valence-electron chi connectivity index (χ2n) is 7.04. The molecule has 2 nitrogen and oxygen atoms in total. The molecule has 0 aromatic carbocycles. The van der Waals surface area contributed by atoms with Gasteiger partial charge in [0, 0.05) is 11.6 Å². The van der Waals surface area contributed by atoms with E-state index >= 15 is 0 Å². The fourth-order valence-electron chi connectivity index (χ4n) is 4.82. The third kappa shape index (κ3) is 4.22. The lowest BCUT2D eigenvalue weighted by Gasteiger charge is -2.52. The van der Waals surface area contributed by atoms with Gasteiger partial charge in [-0.3, -0.25) is 4.90 Å². The van der Waals surface area contributed by atoms with Crippen molar-refractivity contribution < 1.29 is 0 Å². The van der Waals surface area contributed by atoms with Gasteiger partial charge in [0.2, 0.25) is 0 Å². The topological polar surface area (TPSA) is 15.3 Å². The highest BCUT2D eigenvalue weighted by Crippen LogP contribution is 2.39. The lowest BCUT2D eigenvalue weighted by Crippen LogP contribution is -2.63. The molecule has 1 saturated carbocycles. The molecule has 0 spiro atoms. The van der Waals surface area contributed by atoms with Crippen LogP contribution in [-0.2, 0) is 0 Å². The zero-order valence-electron chi connectivity index (χ0n) is 15.5. The molecule has 1 aliphatic carbocycles. The fourth-order valence-corrected chi connectivity index (χ4v) is 4.82. The van der Waals surface area contributed by atoms with E-state index < -0.39 is 0 Å². The van der Waals surface area contributed by atoms with Crippen molar-refractivity contribution in [3.8, 4) is 0 Å². The fraction of sp³-hybridized carbons (Fsp3) is 1.00. The molecule has 0 saturated heterocycles. The van der Waals surface area contributed by atoms with Gasteiger partial charge in [-0.2, -0.15) is 0 Å². The van der Waals surface area contributed by atoms with Crippen LogP contribution in [0.5, 0.6) is 0 Å². The van der Waals surface area contributed by atoms with Crippen molar-refractivity contribution in [3.63, 3.8) is 0 Å². The molecule has 1 unspecified atom stereocenters. The Hall–Kier alpha value is -0.0800. The zero-order valence-corrected chi connectivity index (χ0v) is 15.5. The number of rotatable bonds is 9. The number of hydrogen-bond donors (Lipinski definition) is 1. The van der Waals surface area contributed by atoms with Gasteiger partial charge in [0.15, 0.2) is 0 Å². The van der Waals surface area contributed by atoms with Crippen molar-refractivity contribution in [1.29, 1.82) is 0 Å². The lowest BCUT2D eigenvalue weighted by molar-refractivity contribution is 0.0163. The van der Waals surface area contributed by atoms with Crippen molar-refractivity contribution in [2.45, 2.75) is 91.6 Å². The van der Waals surface area contributed by atoms with Gasteiger partial charge in [0.25, 0.3) is 0 Å². The van der Waals surface area contributed by atoms with E-state index in [1.807, 2.05) is 0 Å². The SMILES string of the molecule is CCNC(C1CCC(C)CC1)C(CC)(CC)N(CC)CC. The van der Waals surface area contributed by atoms with Gasteiger partial charge >= 0.3 is 0 Å². The molecule has 0 amide bonds. The molecule has 126 valence electrons. The molecular weight excluding hydrogens is 256 g/mol. The first-order valence-corrected chi connectivity index (χ1v) is 9.57. The van der Waals surface area contributed by atoms with Crippen LogP contribution in [-0.4, -0.2) is 36.1 Å². The highest BCUT2D eigenvalue weighted by Gasteiger charge is 2.43. The van der Waals surface area contributed by atoms with Crippen LogP contribution in [0.2, 0.25) is 0 Å². The van der Waals surface area contributed by atoms with Crippen LogP contribution in [0.4, 0.5) is 0 Å². The first kappa shape index (κ1) is 19.0. The van der Waals surface area contributed by atoms with E-state index in [0.29, 0.717) is 11.6 Å². The first-order valence-electron chi connectivity index (χ1n) is 9.57. The Morgan fingerprint density at radius 3 is 1.86 bits per heavy atom. The smallest absolute Gasteiger partial charge is 0.0359 e. The molecule has 0 aromatic rings. The van der Waals surface area contributed by atoms with E-state index in [1.54, 1.807) is 0 Å². The molecule has 1 atom stereocenters. The molecule has 1 aliphatic rings. The summed E-state index contributed by atoms with van der Waals surface area (Å²) < 4.78 is 0. The maximum Gasteiger partial charge on any atom is 0.0359 e. The second kappa shape index (κ2) is 9.15. The summed E-state index contributed by atoms with van der Waals surface area (Å²) in [6.45, 7) is 17.6. The number of hydrogen-bond acceptors (Lipinski definition) is 2. The summed E-state index contributed by atoms with van der Waals surface area (Å²) in [7, 11) is 0. The third-order valence-electron chi connectivity index (χ3n) is 6.15. The monoisotopic (exact) mass is 296 g/mol.